The van der Waals surface area contributed by atoms with Gasteiger partial charge in [-0.3, -0.25) is 0 Å². The van der Waals surface area contributed by atoms with E-state index >= 15 is 0 Å². The molecule has 0 atom stereocenters. The van der Waals surface area contributed by atoms with Crippen molar-refractivity contribution in [1.29, 1.82) is 0 Å². The van der Waals surface area contributed by atoms with Gasteiger partial charge in [-0.2, -0.15) is 26.3 Å². The number of sulfone groups is 1. The van der Waals surface area contributed by atoms with Gasteiger partial charge in [0.15, 0.2) is 0 Å². The van der Waals surface area contributed by atoms with Crippen LogP contribution in [-0.4, -0.2) is 25.2 Å². The number of benzene rings is 3. The lowest BCUT2D eigenvalue weighted by atomic mass is 9.86. The highest BCUT2D eigenvalue weighted by Gasteiger charge is 2.52. The molecule has 4 rings (SSSR count). The van der Waals surface area contributed by atoms with Gasteiger partial charge in [0.1, 0.15) is 22.2 Å². The molecule has 0 aromatic heterocycles. The second-order valence-corrected chi connectivity index (χ2v) is 12.3. The van der Waals surface area contributed by atoms with E-state index in [0.29, 0.717) is 27.9 Å². The predicted molar refractivity (Wildman–Crippen MR) is 154 cm³/mol. The molecule has 0 fully saturated rings. The third-order valence-electron chi connectivity index (χ3n) is 7.21. The topological polar surface area (TPSA) is 63.6 Å². The van der Waals surface area contributed by atoms with Gasteiger partial charge >= 0.3 is 11.7 Å². The summed E-state index contributed by atoms with van der Waals surface area (Å²) in [6.45, 7) is 7.71. The molecule has 0 amide bonds. The molecule has 0 saturated carbocycles. The minimum Gasteiger partial charge on any atom is -0.506 e. The van der Waals surface area contributed by atoms with Crippen molar-refractivity contribution in [3.63, 3.8) is 0 Å². The number of ether oxygens (including phenoxy) is 1. The second-order valence-electron chi connectivity index (χ2n) is 10.4. The van der Waals surface area contributed by atoms with Crippen LogP contribution in [0.5, 0.6) is 11.5 Å². The summed E-state index contributed by atoms with van der Waals surface area (Å²) in [4.78, 5) is -2.17. The molecule has 4 nitrogen and oxygen atoms in total. The van der Waals surface area contributed by atoms with Crippen molar-refractivity contribution in [2.45, 2.75) is 65.1 Å². The van der Waals surface area contributed by atoms with Gasteiger partial charge in [0.25, 0.3) is 9.84 Å². The Bertz CT molecular complexity index is 1830. The SMILES string of the molecule is CC/C=c1/cc2c(cc1C)=C(c1ccccc1C(O)=C(CC(F)(F)F)S(=O)(=O)C(F)(F)F)c1cc(C)c(CCC)cc1O2. The fourth-order valence-electron chi connectivity index (χ4n) is 5.21. The monoisotopic (exact) mass is 624 g/mol. The summed E-state index contributed by atoms with van der Waals surface area (Å²) in [5.41, 5.74) is -2.96. The third-order valence-corrected chi connectivity index (χ3v) is 8.81. The average molecular weight is 625 g/mol. The molecule has 0 spiro atoms. The van der Waals surface area contributed by atoms with Crippen molar-refractivity contribution >= 4 is 27.2 Å². The fourth-order valence-corrected chi connectivity index (χ4v) is 6.21. The zero-order valence-corrected chi connectivity index (χ0v) is 24.7. The number of fused-ring (bicyclic) bond motifs is 2. The Hall–Kier alpha value is -3.73. The summed E-state index contributed by atoms with van der Waals surface area (Å²) >= 11 is 0. The van der Waals surface area contributed by atoms with E-state index < -0.39 is 44.2 Å². The van der Waals surface area contributed by atoms with Crippen LogP contribution in [0, 0.1) is 13.8 Å². The average Bonchev–Trinajstić information content (AvgIpc) is 2.91. The molecule has 3 aromatic rings. The molecule has 1 aliphatic heterocycles. The molecule has 3 aromatic carbocycles. The molecule has 0 radical (unpaired) electrons. The fraction of sp³-hybridized carbons (Fsp3) is 0.312. The van der Waals surface area contributed by atoms with Gasteiger partial charge in [0.05, 0.1) is 6.42 Å². The van der Waals surface area contributed by atoms with Crippen molar-refractivity contribution in [3.8, 4) is 11.5 Å². The normalized spacial score (nSPS) is 14.7. The zero-order valence-electron chi connectivity index (χ0n) is 23.9. The first-order chi connectivity index (χ1) is 20.0. The molecule has 1 heterocycles. The quantitative estimate of drug-likeness (QED) is 0.168. The van der Waals surface area contributed by atoms with Gasteiger partial charge in [-0.25, -0.2) is 8.42 Å². The van der Waals surface area contributed by atoms with Crippen LogP contribution < -0.4 is 15.2 Å². The van der Waals surface area contributed by atoms with Gasteiger partial charge in [0, 0.05) is 21.9 Å². The Morgan fingerprint density at radius 1 is 0.907 bits per heavy atom. The molecule has 0 bridgehead atoms. The van der Waals surface area contributed by atoms with Crippen LogP contribution in [0.1, 0.15) is 66.5 Å². The van der Waals surface area contributed by atoms with Gasteiger partial charge in [-0.05, 0) is 78.4 Å². The summed E-state index contributed by atoms with van der Waals surface area (Å²) in [5.74, 6) is -0.810. The van der Waals surface area contributed by atoms with E-state index in [1.165, 1.54) is 18.2 Å². The minimum absolute atomic E-state index is 0.0390. The van der Waals surface area contributed by atoms with Gasteiger partial charge in [-0.1, -0.05) is 50.6 Å². The van der Waals surface area contributed by atoms with Crippen LogP contribution in [0.3, 0.4) is 0 Å². The molecule has 11 heteroatoms. The Labute approximate surface area is 245 Å². The van der Waals surface area contributed by atoms with Crippen LogP contribution in [-0.2, 0) is 16.3 Å². The Kier molecular flexibility index (Phi) is 8.79. The molecule has 43 heavy (non-hydrogen) atoms. The maximum atomic E-state index is 13.5. The zero-order chi connectivity index (χ0) is 31.9. The predicted octanol–water partition coefficient (Wildman–Crippen LogP) is 7.91. The molecule has 1 N–H and O–H groups in total. The number of rotatable bonds is 7. The number of halogens is 6. The van der Waals surface area contributed by atoms with E-state index in [4.69, 9.17) is 4.74 Å². The van der Waals surface area contributed by atoms with Crippen LogP contribution in [0.4, 0.5) is 26.3 Å². The van der Waals surface area contributed by atoms with Crippen LogP contribution >= 0.6 is 0 Å². The van der Waals surface area contributed by atoms with Crippen molar-refractivity contribution in [1.82, 2.24) is 0 Å². The van der Waals surface area contributed by atoms with Crippen molar-refractivity contribution in [2.24, 2.45) is 0 Å². The van der Waals surface area contributed by atoms with Gasteiger partial charge in [0.2, 0.25) is 0 Å². The van der Waals surface area contributed by atoms with E-state index in [0.717, 1.165) is 47.2 Å². The standard InChI is InChI=1S/C32H30F6O4S/c1-5-9-20-15-26-24(13-18(20)3)29(25-14-19(4)21(10-6-2)16-27(25)42-26)22-11-7-8-12-23(22)30(39)28(17-31(33,34)35)43(40,41)32(36,37)38/h7-9,11-16,39H,5-6,10,17H2,1-4H3/b20-9-,30-28?. The largest absolute Gasteiger partial charge is 0.506 e. The van der Waals surface area contributed by atoms with Gasteiger partial charge < -0.3 is 9.84 Å². The number of aliphatic hydroxyl groups is 1. The summed E-state index contributed by atoms with van der Waals surface area (Å²) in [6, 6.07) is 12.6. The molecule has 0 saturated heterocycles. The van der Waals surface area contributed by atoms with Gasteiger partial charge in [-0.15, -0.1) is 0 Å². The summed E-state index contributed by atoms with van der Waals surface area (Å²) in [5, 5.41) is 12.4. The van der Waals surface area contributed by atoms with E-state index in [1.807, 2.05) is 45.9 Å². The number of aryl methyl sites for hydroxylation is 3. The van der Waals surface area contributed by atoms with E-state index in [-0.39, 0.29) is 5.56 Å². The highest BCUT2D eigenvalue weighted by atomic mass is 32.2. The Morgan fingerprint density at radius 3 is 2.19 bits per heavy atom. The number of aliphatic hydroxyl groups excluding tert-OH is 1. The Balaban J connectivity index is 2.17. The lowest BCUT2D eigenvalue weighted by Gasteiger charge is -2.25. The highest BCUT2D eigenvalue weighted by Crippen LogP contribution is 2.43. The lowest BCUT2D eigenvalue weighted by Crippen LogP contribution is -2.28. The molecular formula is C32H30F6O4S. The minimum atomic E-state index is -6.55. The van der Waals surface area contributed by atoms with E-state index in [1.54, 1.807) is 12.1 Å². The number of hydrogen-bond acceptors (Lipinski definition) is 4. The maximum absolute atomic E-state index is 13.5. The van der Waals surface area contributed by atoms with Crippen LogP contribution in [0.25, 0.3) is 17.4 Å². The number of hydrogen-bond donors (Lipinski definition) is 1. The summed E-state index contributed by atoms with van der Waals surface area (Å²) < 4.78 is 112. The maximum Gasteiger partial charge on any atom is 0.501 e. The molecule has 230 valence electrons. The highest BCUT2D eigenvalue weighted by molar-refractivity contribution is 7.96. The summed E-state index contributed by atoms with van der Waals surface area (Å²) in [7, 11) is -6.55. The van der Waals surface area contributed by atoms with E-state index in [9.17, 15) is 39.9 Å². The van der Waals surface area contributed by atoms with Crippen molar-refractivity contribution in [3.05, 3.63) is 97.3 Å². The molecule has 0 aliphatic carbocycles. The third kappa shape index (κ3) is 6.32. The second kappa shape index (κ2) is 11.7. The van der Waals surface area contributed by atoms with Crippen molar-refractivity contribution < 1.29 is 44.6 Å². The van der Waals surface area contributed by atoms with Crippen LogP contribution in [0.2, 0.25) is 0 Å². The number of allylic oxidation sites excluding steroid dienone is 1. The Morgan fingerprint density at radius 2 is 1.58 bits per heavy atom. The molecule has 1 aliphatic rings. The lowest BCUT2D eigenvalue weighted by molar-refractivity contribution is -0.126. The smallest absolute Gasteiger partial charge is 0.501 e. The van der Waals surface area contributed by atoms with Crippen molar-refractivity contribution in [2.75, 3.05) is 0 Å². The summed E-state index contributed by atoms with van der Waals surface area (Å²) in [6.07, 6.45) is -3.57. The van der Waals surface area contributed by atoms with Crippen LogP contribution in [0.15, 0.2) is 53.4 Å². The first kappa shape index (κ1) is 32.2. The molecular weight excluding hydrogens is 594 g/mol. The van der Waals surface area contributed by atoms with E-state index in [2.05, 4.69) is 0 Å². The molecule has 0 unspecified atom stereocenters. The first-order valence-electron chi connectivity index (χ1n) is 13.6. The first-order valence-corrected chi connectivity index (χ1v) is 15.0. The number of alkyl halides is 6.